The molecule has 2 heterocycles. The molecule has 1 aliphatic carbocycles. The van der Waals surface area contributed by atoms with Crippen LogP contribution in [0, 0.1) is 24.2 Å². The summed E-state index contributed by atoms with van der Waals surface area (Å²) in [5.74, 6) is 0.193. The van der Waals surface area contributed by atoms with Crippen molar-refractivity contribution in [1.29, 1.82) is 5.26 Å². The van der Waals surface area contributed by atoms with Gasteiger partial charge >= 0.3 is 5.69 Å². The number of pyridine rings is 1. The third-order valence-corrected chi connectivity index (χ3v) is 7.52. The summed E-state index contributed by atoms with van der Waals surface area (Å²) in [6.45, 7) is 2.78. The molecule has 0 bridgehead atoms. The van der Waals surface area contributed by atoms with E-state index in [4.69, 9.17) is 11.6 Å². The van der Waals surface area contributed by atoms with Gasteiger partial charge in [0.25, 0.3) is 5.91 Å². The first-order chi connectivity index (χ1) is 17.9. The van der Waals surface area contributed by atoms with Gasteiger partial charge in [-0.2, -0.15) is 5.26 Å². The van der Waals surface area contributed by atoms with Crippen LogP contribution >= 0.6 is 11.6 Å². The van der Waals surface area contributed by atoms with E-state index >= 15 is 0 Å². The molecule has 7 nitrogen and oxygen atoms in total. The molecule has 37 heavy (non-hydrogen) atoms. The second-order valence-corrected chi connectivity index (χ2v) is 10.2. The van der Waals surface area contributed by atoms with Gasteiger partial charge in [-0.05, 0) is 68.4 Å². The Labute approximate surface area is 220 Å². The summed E-state index contributed by atoms with van der Waals surface area (Å²) in [6, 6.07) is 19.2. The van der Waals surface area contributed by atoms with E-state index in [-0.39, 0.29) is 17.6 Å². The normalized spacial score (nSPS) is 17.4. The molecule has 1 aliphatic rings. The number of fused-ring (bicyclic) bond motifs is 1. The molecule has 1 amide bonds. The lowest BCUT2D eigenvalue weighted by molar-refractivity contribution is 0.0919. The zero-order chi connectivity index (χ0) is 25.9. The van der Waals surface area contributed by atoms with E-state index in [1.165, 1.54) is 0 Å². The maximum Gasteiger partial charge on any atom is 0.329 e. The molecule has 4 aromatic rings. The molecule has 0 unspecified atom stereocenters. The highest BCUT2D eigenvalue weighted by Crippen LogP contribution is 2.27. The van der Waals surface area contributed by atoms with Gasteiger partial charge in [0.05, 0.1) is 45.5 Å². The number of para-hydroxylation sites is 2. The van der Waals surface area contributed by atoms with E-state index in [1.807, 2.05) is 47.0 Å². The first-order valence-corrected chi connectivity index (χ1v) is 12.9. The third kappa shape index (κ3) is 5.16. The number of imidazole rings is 1. The molecule has 0 aliphatic heterocycles. The Kier molecular flexibility index (Phi) is 7.11. The zero-order valence-electron chi connectivity index (χ0n) is 20.7. The first kappa shape index (κ1) is 24.8. The maximum absolute atomic E-state index is 13.6. The highest BCUT2D eigenvalue weighted by molar-refractivity contribution is 6.30. The van der Waals surface area contributed by atoms with Crippen molar-refractivity contribution in [3.05, 3.63) is 98.7 Å². The number of benzene rings is 2. The number of amides is 1. The zero-order valence-corrected chi connectivity index (χ0v) is 21.4. The van der Waals surface area contributed by atoms with Crippen LogP contribution in [0.3, 0.4) is 0 Å². The van der Waals surface area contributed by atoms with Gasteiger partial charge in [-0.15, -0.1) is 0 Å². The van der Waals surface area contributed by atoms with E-state index in [2.05, 4.69) is 16.4 Å². The number of aromatic nitrogens is 3. The molecule has 2 aromatic heterocycles. The summed E-state index contributed by atoms with van der Waals surface area (Å²) in [6.07, 6.45) is 5.08. The fraction of sp³-hybridized carbons (Fsp3) is 0.310. The molecule has 1 fully saturated rings. The van der Waals surface area contributed by atoms with Crippen LogP contribution in [0.5, 0.6) is 0 Å². The monoisotopic (exact) mass is 513 g/mol. The van der Waals surface area contributed by atoms with Crippen molar-refractivity contribution >= 4 is 28.5 Å². The van der Waals surface area contributed by atoms with Crippen LogP contribution in [0.2, 0.25) is 5.02 Å². The van der Waals surface area contributed by atoms with Crippen LogP contribution in [0.25, 0.3) is 11.0 Å². The summed E-state index contributed by atoms with van der Waals surface area (Å²) in [5.41, 5.74) is 4.28. The first-order valence-electron chi connectivity index (χ1n) is 12.5. The van der Waals surface area contributed by atoms with Crippen molar-refractivity contribution in [1.82, 2.24) is 19.4 Å². The van der Waals surface area contributed by atoms with Gasteiger partial charge in [-0.3, -0.25) is 18.9 Å². The topological polar surface area (TPSA) is 92.7 Å². The van der Waals surface area contributed by atoms with E-state index in [0.29, 0.717) is 40.9 Å². The standard InChI is InChI=1S/C29H28ClN5O2/c1-19-25(14-23(30)16-32-19)28(36)33-24-12-10-20(11-13-24)17-34-26-8-4-5-9-27(26)35(29(34)37)18-22-7-3-2-6-21(22)15-31/h2-9,14,16,20,24H,10-13,17-18H2,1H3,(H,33,36). The predicted molar refractivity (Wildman–Crippen MR) is 144 cm³/mol. The number of rotatable bonds is 6. The molecule has 1 N–H and O–H groups in total. The molecule has 0 radical (unpaired) electrons. The van der Waals surface area contributed by atoms with Gasteiger partial charge in [0.1, 0.15) is 0 Å². The summed E-state index contributed by atoms with van der Waals surface area (Å²) in [7, 11) is 0. The van der Waals surface area contributed by atoms with Crippen molar-refractivity contribution in [2.24, 2.45) is 5.92 Å². The Morgan fingerprint density at radius 1 is 1.08 bits per heavy atom. The van der Waals surface area contributed by atoms with E-state index in [1.54, 1.807) is 29.8 Å². The third-order valence-electron chi connectivity index (χ3n) is 7.31. The Hall–Kier alpha value is -3.89. The minimum absolute atomic E-state index is 0.0618. The number of nitrogens with zero attached hydrogens (tertiary/aromatic N) is 4. The van der Waals surface area contributed by atoms with Crippen molar-refractivity contribution in [3.8, 4) is 6.07 Å². The second kappa shape index (κ2) is 10.6. The fourth-order valence-corrected chi connectivity index (χ4v) is 5.45. The number of halogens is 1. The molecular formula is C29H28ClN5O2. The molecule has 0 atom stereocenters. The minimum atomic E-state index is -0.145. The molecule has 188 valence electrons. The number of hydrogen-bond donors (Lipinski definition) is 1. The summed E-state index contributed by atoms with van der Waals surface area (Å²) >= 11 is 6.03. The van der Waals surface area contributed by atoms with Crippen LogP contribution in [0.4, 0.5) is 0 Å². The summed E-state index contributed by atoms with van der Waals surface area (Å²) in [4.78, 5) is 30.5. The van der Waals surface area contributed by atoms with E-state index in [9.17, 15) is 14.9 Å². The number of nitrogens with one attached hydrogen (secondary N) is 1. The van der Waals surface area contributed by atoms with Crippen LogP contribution in [-0.4, -0.2) is 26.1 Å². The van der Waals surface area contributed by atoms with E-state index < -0.39 is 0 Å². The molecule has 0 saturated heterocycles. The van der Waals surface area contributed by atoms with Crippen molar-refractivity contribution in [2.75, 3.05) is 0 Å². The SMILES string of the molecule is Cc1ncc(Cl)cc1C(=O)NC1CCC(Cn2c(=O)n(Cc3ccccc3C#N)c3ccccc32)CC1. The van der Waals surface area contributed by atoms with Gasteiger partial charge < -0.3 is 5.32 Å². The molecule has 2 aromatic carbocycles. The van der Waals surface area contributed by atoms with Crippen LogP contribution in [0.1, 0.15) is 52.9 Å². The number of nitriles is 1. The Morgan fingerprint density at radius 2 is 1.76 bits per heavy atom. The van der Waals surface area contributed by atoms with E-state index in [0.717, 1.165) is 42.3 Å². The largest absolute Gasteiger partial charge is 0.349 e. The Bertz CT molecular complexity index is 1560. The highest BCUT2D eigenvalue weighted by atomic mass is 35.5. The molecule has 0 spiro atoms. The molecular weight excluding hydrogens is 486 g/mol. The van der Waals surface area contributed by atoms with Crippen LogP contribution < -0.4 is 11.0 Å². The van der Waals surface area contributed by atoms with Crippen LogP contribution in [-0.2, 0) is 13.1 Å². The summed E-state index contributed by atoms with van der Waals surface area (Å²) < 4.78 is 3.63. The lowest BCUT2D eigenvalue weighted by Crippen LogP contribution is -2.39. The van der Waals surface area contributed by atoms with Crippen molar-refractivity contribution in [2.45, 2.75) is 51.7 Å². The van der Waals surface area contributed by atoms with Crippen molar-refractivity contribution in [3.63, 3.8) is 0 Å². The number of carbonyl (C=O) groups is 1. The average molecular weight is 514 g/mol. The quantitative estimate of drug-likeness (QED) is 0.389. The number of carbonyl (C=O) groups excluding carboxylic acids is 1. The number of aryl methyl sites for hydroxylation is 1. The van der Waals surface area contributed by atoms with Crippen LogP contribution in [0.15, 0.2) is 65.6 Å². The maximum atomic E-state index is 13.6. The smallest absolute Gasteiger partial charge is 0.329 e. The lowest BCUT2D eigenvalue weighted by Gasteiger charge is -2.29. The van der Waals surface area contributed by atoms with Gasteiger partial charge in [0.15, 0.2) is 0 Å². The fourth-order valence-electron chi connectivity index (χ4n) is 5.29. The summed E-state index contributed by atoms with van der Waals surface area (Å²) in [5, 5.41) is 13.1. The minimum Gasteiger partial charge on any atom is -0.349 e. The molecule has 1 saturated carbocycles. The average Bonchev–Trinajstić information content (AvgIpc) is 3.17. The molecule has 8 heteroatoms. The number of hydrogen-bond acceptors (Lipinski definition) is 4. The van der Waals surface area contributed by atoms with Gasteiger partial charge in [-0.1, -0.05) is 41.9 Å². The highest BCUT2D eigenvalue weighted by Gasteiger charge is 2.25. The predicted octanol–water partition coefficient (Wildman–Crippen LogP) is 5.07. The van der Waals surface area contributed by atoms with Crippen molar-refractivity contribution < 1.29 is 4.79 Å². The van der Waals surface area contributed by atoms with Gasteiger partial charge in [0, 0.05) is 18.8 Å². The Balaban J connectivity index is 1.30. The second-order valence-electron chi connectivity index (χ2n) is 9.71. The van der Waals surface area contributed by atoms with Gasteiger partial charge in [0.2, 0.25) is 0 Å². The van der Waals surface area contributed by atoms with Gasteiger partial charge in [-0.25, -0.2) is 4.79 Å². The molecule has 5 rings (SSSR count). The Morgan fingerprint density at radius 3 is 2.49 bits per heavy atom. The lowest BCUT2D eigenvalue weighted by atomic mass is 9.85.